The first-order valence-corrected chi connectivity index (χ1v) is 8.14. The molecule has 0 aliphatic heterocycles. The number of benzene rings is 2. The van der Waals surface area contributed by atoms with Crippen LogP contribution in [0.15, 0.2) is 59.6 Å². The number of primary amides is 1. The lowest BCUT2D eigenvalue weighted by molar-refractivity contribution is 0.1000. The number of halogens is 1. The molecular weight excluding hydrogens is 427 g/mol. The van der Waals surface area contributed by atoms with Gasteiger partial charge in [0.2, 0.25) is 5.91 Å². The predicted molar refractivity (Wildman–Crippen MR) is 113 cm³/mol. The number of aliphatic imine (C=N–C) groups is 1. The van der Waals surface area contributed by atoms with Gasteiger partial charge in [-0.1, -0.05) is 42.5 Å². The van der Waals surface area contributed by atoms with E-state index in [0.29, 0.717) is 12.1 Å². The molecule has 0 aliphatic carbocycles. The molecule has 0 heterocycles. The van der Waals surface area contributed by atoms with Gasteiger partial charge in [-0.05, 0) is 36.6 Å². The fraction of sp³-hybridized carbons (Fsp3) is 0.263. The highest BCUT2D eigenvalue weighted by molar-refractivity contribution is 14.0. The summed E-state index contributed by atoms with van der Waals surface area (Å²) in [5, 5.41) is 6.55. The van der Waals surface area contributed by atoms with Crippen LogP contribution in [0.1, 0.15) is 28.4 Å². The van der Waals surface area contributed by atoms with Gasteiger partial charge in [0.15, 0.2) is 5.96 Å². The van der Waals surface area contributed by atoms with E-state index in [1.807, 2.05) is 37.3 Å². The minimum absolute atomic E-state index is 0. The van der Waals surface area contributed by atoms with Crippen LogP contribution in [0, 0.1) is 0 Å². The number of carbonyl (C=O) groups excluding carboxylic acids is 1. The molecule has 5 nitrogen and oxygen atoms in total. The van der Waals surface area contributed by atoms with E-state index in [1.165, 1.54) is 5.56 Å². The quantitative estimate of drug-likeness (QED) is 0.344. The highest BCUT2D eigenvalue weighted by Crippen LogP contribution is 2.06. The molecule has 2 rings (SSSR count). The SMILES string of the molecule is CCNC(=NCc1cccc(C(N)=O)c1)NCCc1ccccc1.I. The largest absolute Gasteiger partial charge is 0.366 e. The third-order valence-electron chi connectivity index (χ3n) is 3.52. The molecule has 134 valence electrons. The number of amides is 1. The second kappa shape index (κ2) is 11.5. The van der Waals surface area contributed by atoms with Gasteiger partial charge in [0.25, 0.3) is 0 Å². The third kappa shape index (κ3) is 7.55. The Bertz CT molecular complexity index is 689. The summed E-state index contributed by atoms with van der Waals surface area (Å²) < 4.78 is 0. The Morgan fingerprint density at radius 2 is 1.76 bits per heavy atom. The Labute approximate surface area is 166 Å². The fourth-order valence-corrected chi connectivity index (χ4v) is 2.30. The van der Waals surface area contributed by atoms with Crippen molar-refractivity contribution in [2.45, 2.75) is 19.9 Å². The van der Waals surface area contributed by atoms with E-state index in [2.05, 4.69) is 27.8 Å². The van der Waals surface area contributed by atoms with Gasteiger partial charge in [0.05, 0.1) is 6.54 Å². The number of guanidine groups is 1. The maximum Gasteiger partial charge on any atom is 0.248 e. The summed E-state index contributed by atoms with van der Waals surface area (Å²) in [7, 11) is 0. The number of hydrogen-bond donors (Lipinski definition) is 3. The van der Waals surface area contributed by atoms with Crippen molar-refractivity contribution in [3.63, 3.8) is 0 Å². The summed E-state index contributed by atoms with van der Waals surface area (Å²) in [4.78, 5) is 15.8. The average molecular weight is 452 g/mol. The highest BCUT2D eigenvalue weighted by Gasteiger charge is 2.02. The van der Waals surface area contributed by atoms with Crippen molar-refractivity contribution in [3.8, 4) is 0 Å². The van der Waals surface area contributed by atoms with Crippen LogP contribution in [0.5, 0.6) is 0 Å². The zero-order valence-electron chi connectivity index (χ0n) is 14.4. The molecule has 6 heteroatoms. The summed E-state index contributed by atoms with van der Waals surface area (Å²) in [5.41, 5.74) is 8.05. The molecule has 2 aromatic carbocycles. The molecule has 0 radical (unpaired) electrons. The first-order chi connectivity index (χ1) is 11.7. The van der Waals surface area contributed by atoms with E-state index in [1.54, 1.807) is 12.1 Å². The lowest BCUT2D eigenvalue weighted by Gasteiger charge is -2.11. The molecule has 0 atom stereocenters. The second-order valence-electron chi connectivity index (χ2n) is 5.42. The number of hydrogen-bond acceptors (Lipinski definition) is 2. The minimum Gasteiger partial charge on any atom is -0.366 e. The van der Waals surface area contributed by atoms with Gasteiger partial charge >= 0.3 is 0 Å². The zero-order chi connectivity index (χ0) is 17.2. The number of nitrogens with zero attached hydrogens (tertiary/aromatic N) is 1. The lowest BCUT2D eigenvalue weighted by Crippen LogP contribution is -2.38. The Kier molecular flexibility index (Phi) is 9.61. The maximum atomic E-state index is 11.2. The first-order valence-electron chi connectivity index (χ1n) is 8.14. The standard InChI is InChI=1S/C19H24N4O.HI/c1-2-21-19(22-12-11-15-7-4-3-5-8-15)23-14-16-9-6-10-17(13-16)18(20)24;/h3-10,13H,2,11-12,14H2,1H3,(H2,20,24)(H2,21,22,23);1H. The molecule has 0 spiro atoms. The van der Waals surface area contributed by atoms with Crippen molar-refractivity contribution >= 4 is 35.8 Å². The number of carbonyl (C=O) groups is 1. The molecule has 0 aliphatic rings. The molecule has 0 fully saturated rings. The van der Waals surface area contributed by atoms with Crippen LogP contribution in [0.4, 0.5) is 0 Å². The van der Waals surface area contributed by atoms with E-state index >= 15 is 0 Å². The van der Waals surface area contributed by atoms with Crippen LogP contribution in [0.2, 0.25) is 0 Å². The Morgan fingerprint density at radius 3 is 2.44 bits per heavy atom. The summed E-state index contributed by atoms with van der Waals surface area (Å²) in [6.07, 6.45) is 0.933. The summed E-state index contributed by atoms with van der Waals surface area (Å²) in [5.74, 6) is 0.339. The molecular formula is C19H25IN4O. The number of rotatable bonds is 7. The van der Waals surface area contributed by atoms with Gasteiger partial charge in [0, 0.05) is 18.7 Å². The molecule has 0 bridgehead atoms. The van der Waals surface area contributed by atoms with Crippen LogP contribution < -0.4 is 16.4 Å². The van der Waals surface area contributed by atoms with Crippen LogP contribution >= 0.6 is 24.0 Å². The van der Waals surface area contributed by atoms with Gasteiger partial charge < -0.3 is 16.4 Å². The average Bonchev–Trinajstić information content (AvgIpc) is 2.61. The first kappa shape index (κ1) is 21.0. The van der Waals surface area contributed by atoms with Crippen molar-refractivity contribution in [2.24, 2.45) is 10.7 Å². The molecule has 0 saturated carbocycles. The molecule has 2 aromatic rings. The molecule has 0 aromatic heterocycles. The fourth-order valence-electron chi connectivity index (χ4n) is 2.30. The van der Waals surface area contributed by atoms with Gasteiger partial charge in [-0.25, -0.2) is 4.99 Å². The predicted octanol–water partition coefficient (Wildman–Crippen LogP) is 2.70. The maximum absolute atomic E-state index is 11.2. The van der Waals surface area contributed by atoms with Gasteiger partial charge in [-0.3, -0.25) is 4.79 Å². The topological polar surface area (TPSA) is 79.5 Å². The monoisotopic (exact) mass is 452 g/mol. The van der Waals surface area contributed by atoms with E-state index in [0.717, 1.165) is 31.0 Å². The van der Waals surface area contributed by atoms with Gasteiger partial charge in [0.1, 0.15) is 0 Å². The Balaban J connectivity index is 0.00000312. The third-order valence-corrected chi connectivity index (χ3v) is 3.52. The summed E-state index contributed by atoms with van der Waals surface area (Å²) in [6, 6.07) is 17.6. The minimum atomic E-state index is -0.422. The molecule has 25 heavy (non-hydrogen) atoms. The van der Waals surface area contributed by atoms with Crippen LogP contribution in [-0.4, -0.2) is 25.0 Å². The number of nitrogens with one attached hydrogen (secondary N) is 2. The normalized spacial score (nSPS) is 10.7. The van der Waals surface area contributed by atoms with Crippen LogP contribution in [0.25, 0.3) is 0 Å². The van der Waals surface area contributed by atoms with E-state index in [-0.39, 0.29) is 24.0 Å². The molecule has 1 amide bonds. The van der Waals surface area contributed by atoms with Crippen LogP contribution in [0.3, 0.4) is 0 Å². The Morgan fingerprint density at radius 1 is 1.04 bits per heavy atom. The van der Waals surface area contributed by atoms with Crippen LogP contribution in [-0.2, 0) is 13.0 Å². The molecule has 4 N–H and O–H groups in total. The van der Waals surface area contributed by atoms with E-state index in [9.17, 15) is 4.79 Å². The summed E-state index contributed by atoms with van der Waals surface area (Å²) >= 11 is 0. The second-order valence-corrected chi connectivity index (χ2v) is 5.42. The molecule has 0 saturated heterocycles. The van der Waals surface area contributed by atoms with Crippen molar-refractivity contribution in [1.82, 2.24) is 10.6 Å². The number of nitrogens with two attached hydrogens (primary N) is 1. The van der Waals surface area contributed by atoms with E-state index in [4.69, 9.17) is 5.73 Å². The Hall–Kier alpha value is -2.09. The van der Waals surface area contributed by atoms with Gasteiger partial charge in [-0.15, -0.1) is 24.0 Å². The smallest absolute Gasteiger partial charge is 0.248 e. The lowest BCUT2D eigenvalue weighted by atomic mass is 10.1. The van der Waals surface area contributed by atoms with Crippen molar-refractivity contribution in [3.05, 3.63) is 71.3 Å². The zero-order valence-corrected chi connectivity index (χ0v) is 16.7. The van der Waals surface area contributed by atoms with Crippen molar-refractivity contribution in [1.29, 1.82) is 0 Å². The molecule has 0 unspecified atom stereocenters. The summed E-state index contributed by atoms with van der Waals surface area (Å²) in [6.45, 7) is 4.11. The van der Waals surface area contributed by atoms with Crippen molar-refractivity contribution < 1.29 is 4.79 Å². The highest BCUT2D eigenvalue weighted by atomic mass is 127. The van der Waals surface area contributed by atoms with E-state index < -0.39 is 5.91 Å². The van der Waals surface area contributed by atoms with Gasteiger partial charge in [-0.2, -0.15) is 0 Å². The van der Waals surface area contributed by atoms with Crippen molar-refractivity contribution in [2.75, 3.05) is 13.1 Å².